The number of likely N-dealkylation sites (tertiary alicyclic amines) is 1. The van der Waals surface area contributed by atoms with Crippen LogP contribution < -0.4 is 0 Å². The van der Waals surface area contributed by atoms with Gasteiger partial charge in [0, 0.05) is 22.5 Å². The van der Waals surface area contributed by atoms with Crippen molar-refractivity contribution >= 4 is 38.1 Å². The Kier molecular flexibility index (Phi) is 10.0. The number of carbonyl (C=O) groups excluding carboxylic acids is 2. The van der Waals surface area contributed by atoms with Gasteiger partial charge in [-0.2, -0.15) is 26.3 Å². The van der Waals surface area contributed by atoms with E-state index < -0.39 is 44.2 Å². The summed E-state index contributed by atoms with van der Waals surface area (Å²) in [6.45, 7) is 0.437. The van der Waals surface area contributed by atoms with Crippen molar-refractivity contribution in [2.75, 3.05) is 13.7 Å². The molecule has 2 fully saturated rings. The van der Waals surface area contributed by atoms with E-state index in [1.54, 1.807) is 11.0 Å². The monoisotopic (exact) mass is 729 g/mol. The molecule has 0 aromatic heterocycles. The number of sulfone groups is 1. The summed E-state index contributed by atoms with van der Waals surface area (Å²) in [4.78, 5) is 24.1. The topological polar surface area (TPSA) is 80.8 Å². The second-order valence-corrected chi connectivity index (χ2v) is 14.5. The Bertz CT molecular complexity index is 1510. The Morgan fingerprint density at radius 2 is 1.60 bits per heavy atom. The third kappa shape index (κ3) is 5.98. The summed E-state index contributed by atoms with van der Waals surface area (Å²) in [7, 11) is -3.05. The van der Waals surface area contributed by atoms with Gasteiger partial charge in [-0.3, -0.25) is 9.59 Å². The molecular weight excluding hydrogens is 699 g/mol. The molecule has 45 heavy (non-hydrogen) atoms. The van der Waals surface area contributed by atoms with Gasteiger partial charge in [-0.1, -0.05) is 59.5 Å². The molecule has 5 rings (SSSR count). The van der Waals surface area contributed by atoms with Crippen LogP contribution >= 0.6 is 15.9 Å². The average molecular weight is 731 g/mol. The molecule has 0 radical (unpaired) electrons. The van der Waals surface area contributed by atoms with Crippen LogP contribution in [0, 0.1) is 5.92 Å². The summed E-state index contributed by atoms with van der Waals surface area (Å²) >= 11 is 3.25. The predicted octanol–water partition coefficient (Wildman–Crippen LogP) is 7.32. The summed E-state index contributed by atoms with van der Waals surface area (Å²) in [5.74, 6) is -0.458. The molecule has 2 aromatic rings. The van der Waals surface area contributed by atoms with Crippen LogP contribution in [-0.4, -0.2) is 57.7 Å². The molecule has 0 spiro atoms. The largest absolute Gasteiger partial charge is 0.471 e. The minimum Gasteiger partial charge on any atom is -0.471 e. The number of hydrogen-bond donors (Lipinski definition) is 0. The van der Waals surface area contributed by atoms with Crippen LogP contribution in [0.15, 0.2) is 51.8 Å². The molecular formula is C30H31BrF7NO5S. The van der Waals surface area contributed by atoms with Gasteiger partial charge in [0.1, 0.15) is 4.75 Å². The van der Waals surface area contributed by atoms with Crippen molar-refractivity contribution in [3.05, 3.63) is 63.6 Å². The van der Waals surface area contributed by atoms with Gasteiger partial charge in [-0.15, -0.1) is 0 Å². The number of fused-ring (bicyclic) bond motifs is 3. The molecule has 6 nitrogen and oxygen atoms in total. The summed E-state index contributed by atoms with van der Waals surface area (Å²) in [6, 6.07) is 6.71. The highest BCUT2D eigenvalue weighted by molar-refractivity contribution is 9.10. The maximum atomic E-state index is 15.0. The smallest absolute Gasteiger partial charge is 0.435 e. The first kappa shape index (κ1) is 35.2. The minimum atomic E-state index is -6.30. The van der Waals surface area contributed by atoms with E-state index in [0.29, 0.717) is 35.9 Å². The van der Waals surface area contributed by atoms with Crippen LogP contribution in [0.3, 0.4) is 0 Å². The van der Waals surface area contributed by atoms with Crippen molar-refractivity contribution in [1.82, 2.24) is 4.90 Å². The van der Waals surface area contributed by atoms with Gasteiger partial charge in [0.15, 0.2) is 9.84 Å². The molecule has 2 aromatic carbocycles. The second-order valence-electron chi connectivity index (χ2n) is 11.4. The summed E-state index contributed by atoms with van der Waals surface area (Å²) in [5.41, 5.74) is -7.40. The number of carbonyl (C=O) groups is 2. The van der Waals surface area contributed by atoms with Crippen molar-refractivity contribution in [1.29, 1.82) is 0 Å². The van der Waals surface area contributed by atoms with E-state index in [2.05, 4.69) is 20.7 Å². The van der Waals surface area contributed by atoms with Crippen LogP contribution in [0.1, 0.15) is 61.6 Å². The van der Waals surface area contributed by atoms with E-state index in [4.69, 9.17) is 4.79 Å². The number of hydrogen-bond acceptors (Lipinski definition) is 5. The molecule has 1 saturated carbocycles. The molecule has 15 heteroatoms. The van der Waals surface area contributed by atoms with Crippen molar-refractivity contribution in [3.63, 3.8) is 0 Å². The van der Waals surface area contributed by atoms with Crippen molar-refractivity contribution < 1.29 is 53.5 Å². The lowest BCUT2D eigenvalue weighted by Gasteiger charge is -2.43. The number of halogens is 8. The van der Waals surface area contributed by atoms with Crippen LogP contribution in [0.4, 0.5) is 30.7 Å². The maximum Gasteiger partial charge on any atom is 0.435 e. The molecule has 2 aliphatic carbocycles. The molecule has 0 bridgehead atoms. The van der Waals surface area contributed by atoms with E-state index in [1.165, 1.54) is 25.3 Å². The van der Waals surface area contributed by atoms with Crippen LogP contribution in [0.25, 0.3) is 0 Å². The Balaban J connectivity index is 0.00000109. The van der Waals surface area contributed by atoms with Gasteiger partial charge < -0.3 is 9.64 Å². The Morgan fingerprint density at radius 3 is 2.16 bits per heavy atom. The van der Waals surface area contributed by atoms with Crippen LogP contribution in [0.2, 0.25) is 0 Å². The van der Waals surface area contributed by atoms with Crippen LogP contribution in [0.5, 0.6) is 0 Å². The van der Waals surface area contributed by atoms with Crippen LogP contribution in [-0.2, 0) is 41.0 Å². The number of nitrogens with zero attached hydrogens (tertiary/aromatic N) is 1. The standard InChI is InChI=1S/C28H27BrF7NO3S.C2H4O2/c29-20-7-4-8-21(16-20)41(39,40)25-13-14-37(24(38)17-5-2-1-3-6-17)23(25)12-9-18-15-19(10-11-22(18)25)26(30,27(31,32)33)28(34,35)36;1-4-2-3/h4,7-8,10-11,15-17,23H,1-3,5-6,9,12-14H2;2H,1H3. The molecule has 1 saturated heterocycles. The number of methoxy groups -OCH3 is 1. The minimum absolute atomic E-state index is 0.00289. The fraction of sp³-hybridized carbons (Fsp3) is 0.533. The average Bonchev–Trinajstić information content (AvgIpc) is 3.41. The lowest BCUT2D eigenvalue weighted by atomic mass is 9.76. The van der Waals surface area contributed by atoms with Gasteiger partial charge in [-0.05, 0) is 61.4 Å². The van der Waals surface area contributed by atoms with Gasteiger partial charge >= 0.3 is 18.0 Å². The van der Waals surface area contributed by atoms with Gasteiger partial charge in [0.05, 0.1) is 18.0 Å². The molecule has 0 N–H and O–H groups in total. The first-order valence-electron chi connectivity index (χ1n) is 14.2. The van der Waals surface area contributed by atoms with Crippen molar-refractivity contribution in [3.8, 4) is 0 Å². The van der Waals surface area contributed by atoms with E-state index in [1.807, 2.05) is 0 Å². The SMILES string of the molecule is COC=O.O=C(C1CCCCC1)N1CCC2(S(=O)(=O)c3cccc(Br)c3)c3ccc(C(F)(C(F)(F)F)C(F)(F)F)cc3CCC12. The second kappa shape index (κ2) is 12.8. The molecule has 248 valence electrons. The third-order valence-corrected chi connectivity index (χ3v) is 12.0. The van der Waals surface area contributed by atoms with E-state index in [-0.39, 0.29) is 53.7 Å². The number of benzene rings is 2. The maximum absolute atomic E-state index is 15.0. The van der Waals surface area contributed by atoms with E-state index in [9.17, 15) is 43.9 Å². The van der Waals surface area contributed by atoms with Crippen molar-refractivity contribution in [2.45, 2.75) is 85.1 Å². The highest BCUT2D eigenvalue weighted by atomic mass is 79.9. The predicted molar refractivity (Wildman–Crippen MR) is 152 cm³/mol. The Morgan fingerprint density at radius 1 is 0.978 bits per heavy atom. The quantitative estimate of drug-likeness (QED) is 0.238. The zero-order valence-electron chi connectivity index (χ0n) is 24.1. The summed E-state index contributed by atoms with van der Waals surface area (Å²) in [6.07, 6.45) is -8.77. The molecule has 1 aliphatic heterocycles. The number of alkyl halides is 7. The lowest BCUT2D eigenvalue weighted by molar-refractivity contribution is -0.348. The highest BCUT2D eigenvalue weighted by Gasteiger charge is 2.74. The highest BCUT2D eigenvalue weighted by Crippen LogP contribution is 2.57. The summed E-state index contributed by atoms with van der Waals surface area (Å²) < 4.78 is 128. The Hall–Kier alpha value is -2.68. The number of aryl methyl sites for hydroxylation is 1. The van der Waals surface area contributed by atoms with E-state index >= 15 is 0 Å². The first-order valence-corrected chi connectivity index (χ1v) is 16.5. The van der Waals surface area contributed by atoms with Crippen molar-refractivity contribution in [2.24, 2.45) is 5.92 Å². The summed E-state index contributed by atoms with van der Waals surface area (Å²) in [5, 5.41) is 0. The fourth-order valence-electron chi connectivity index (χ4n) is 6.92. The number of amides is 1. The van der Waals surface area contributed by atoms with Gasteiger partial charge in [0.2, 0.25) is 5.91 Å². The van der Waals surface area contributed by atoms with E-state index in [0.717, 1.165) is 25.3 Å². The fourth-order valence-corrected chi connectivity index (χ4v) is 9.89. The first-order chi connectivity index (χ1) is 21.0. The molecule has 1 amide bonds. The third-order valence-electron chi connectivity index (χ3n) is 8.99. The molecule has 2 atom stereocenters. The normalized spacial score (nSPS) is 22.5. The molecule has 2 unspecified atom stereocenters. The molecule has 3 aliphatic rings. The zero-order valence-corrected chi connectivity index (χ0v) is 26.5. The number of rotatable bonds is 5. The number of ether oxygens (including phenoxy) is 1. The molecule has 1 heterocycles. The Labute approximate surface area is 264 Å². The van der Waals surface area contributed by atoms with Gasteiger partial charge in [-0.25, -0.2) is 12.8 Å². The zero-order chi connectivity index (χ0) is 33.4. The lowest BCUT2D eigenvalue weighted by Crippen LogP contribution is -2.53. The van der Waals surface area contributed by atoms with Gasteiger partial charge in [0.25, 0.3) is 6.47 Å².